The Morgan fingerprint density at radius 1 is 1.17 bits per heavy atom. The second-order valence-corrected chi connectivity index (χ2v) is 5.92. The number of hydrogen-bond donors (Lipinski definition) is 2. The van der Waals surface area contributed by atoms with Crippen molar-refractivity contribution in [2.45, 2.75) is 50.2 Å². The van der Waals surface area contributed by atoms with E-state index in [0.29, 0.717) is 17.3 Å². The standard InChI is InChI=1S/C14H18BrFO2/c15-11-7-5-6-10(12(11)16)13(17)14(18)8-3-1-2-4-9-14/h5-7,13,17-18H,1-4,8-9H2. The lowest BCUT2D eigenvalue weighted by atomic mass is 9.84. The zero-order valence-electron chi connectivity index (χ0n) is 10.2. The highest BCUT2D eigenvalue weighted by Crippen LogP contribution is 2.39. The molecule has 0 spiro atoms. The fourth-order valence-electron chi connectivity index (χ4n) is 2.64. The summed E-state index contributed by atoms with van der Waals surface area (Å²) in [4.78, 5) is 0. The lowest BCUT2D eigenvalue weighted by molar-refractivity contribution is -0.0880. The summed E-state index contributed by atoms with van der Waals surface area (Å²) in [7, 11) is 0. The van der Waals surface area contributed by atoms with Crippen molar-refractivity contribution >= 4 is 15.9 Å². The number of aliphatic hydroxyl groups excluding tert-OH is 1. The van der Waals surface area contributed by atoms with Gasteiger partial charge in [0, 0.05) is 5.56 Å². The third kappa shape index (κ3) is 2.76. The van der Waals surface area contributed by atoms with Crippen molar-refractivity contribution in [2.75, 3.05) is 0 Å². The minimum absolute atomic E-state index is 0.175. The summed E-state index contributed by atoms with van der Waals surface area (Å²) in [5, 5.41) is 20.9. The van der Waals surface area contributed by atoms with Crippen molar-refractivity contribution in [1.82, 2.24) is 0 Å². The van der Waals surface area contributed by atoms with E-state index in [-0.39, 0.29) is 5.56 Å². The Morgan fingerprint density at radius 2 is 1.78 bits per heavy atom. The third-order valence-corrected chi connectivity index (χ3v) is 4.37. The smallest absolute Gasteiger partial charge is 0.143 e. The molecule has 1 saturated carbocycles. The monoisotopic (exact) mass is 316 g/mol. The number of aliphatic hydroxyl groups is 2. The number of hydrogen-bond acceptors (Lipinski definition) is 2. The molecule has 2 N–H and O–H groups in total. The topological polar surface area (TPSA) is 40.5 Å². The van der Waals surface area contributed by atoms with Crippen molar-refractivity contribution in [2.24, 2.45) is 0 Å². The molecule has 100 valence electrons. The highest BCUT2D eigenvalue weighted by atomic mass is 79.9. The Balaban J connectivity index is 2.28. The third-order valence-electron chi connectivity index (χ3n) is 3.75. The van der Waals surface area contributed by atoms with Gasteiger partial charge in [0.25, 0.3) is 0 Å². The van der Waals surface area contributed by atoms with Crippen LogP contribution in [-0.4, -0.2) is 15.8 Å². The lowest BCUT2D eigenvalue weighted by Crippen LogP contribution is -2.36. The van der Waals surface area contributed by atoms with Crippen LogP contribution in [0.3, 0.4) is 0 Å². The Bertz CT molecular complexity index is 414. The number of benzene rings is 1. The van der Waals surface area contributed by atoms with Crippen molar-refractivity contribution in [3.8, 4) is 0 Å². The molecule has 0 aliphatic heterocycles. The Labute approximate surface area is 115 Å². The first kappa shape index (κ1) is 14.0. The van der Waals surface area contributed by atoms with E-state index in [1.807, 2.05) is 0 Å². The molecule has 4 heteroatoms. The van der Waals surface area contributed by atoms with Gasteiger partial charge in [-0.3, -0.25) is 0 Å². The molecule has 0 heterocycles. The molecule has 2 nitrogen and oxygen atoms in total. The molecule has 1 atom stereocenters. The summed E-state index contributed by atoms with van der Waals surface area (Å²) < 4.78 is 14.3. The Kier molecular flexibility index (Phi) is 4.41. The maximum absolute atomic E-state index is 14.0. The molecule has 1 fully saturated rings. The van der Waals surface area contributed by atoms with E-state index in [2.05, 4.69) is 15.9 Å². The van der Waals surface area contributed by atoms with Crippen molar-refractivity contribution < 1.29 is 14.6 Å². The van der Waals surface area contributed by atoms with Gasteiger partial charge in [0.1, 0.15) is 11.9 Å². The van der Waals surface area contributed by atoms with E-state index in [0.717, 1.165) is 25.7 Å². The molecular formula is C14H18BrFO2. The van der Waals surface area contributed by atoms with Gasteiger partial charge in [0.15, 0.2) is 0 Å². The van der Waals surface area contributed by atoms with Gasteiger partial charge in [-0.05, 0) is 34.8 Å². The minimum Gasteiger partial charge on any atom is -0.387 e. The zero-order valence-corrected chi connectivity index (χ0v) is 11.8. The normalized spacial score (nSPS) is 21.3. The van der Waals surface area contributed by atoms with E-state index < -0.39 is 17.5 Å². The molecule has 1 aromatic rings. The molecule has 0 bridgehead atoms. The summed E-state index contributed by atoms with van der Waals surface area (Å²) in [6.07, 6.45) is 3.78. The first-order valence-corrected chi connectivity index (χ1v) is 7.18. The molecule has 1 aromatic carbocycles. The molecule has 1 unspecified atom stereocenters. The van der Waals surface area contributed by atoms with Crippen LogP contribution in [0.2, 0.25) is 0 Å². The van der Waals surface area contributed by atoms with Gasteiger partial charge in [-0.1, -0.05) is 37.8 Å². The largest absolute Gasteiger partial charge is 0.387 e. The summed E-state index contributed by atoms with van der Waals surface area (Å²) in [6.45, 7) is 0. The van der Waals surface area contributed by atoms with Gasteiger partial charge in [0.05, 0.1) is 10.1 Å². The summed E-state index contributed by atoms with van der Waals surface area (Å²) >= 11 is 3.10. The van der Waals surface area contributed by atoms with Crippen LogP contribution >= 0.6 is 15.9 Å². The highest BCUT2D eigenvalue weighted by Gasteiger charge is 2.38. The van der Waals surface area contributed by atoms with Crippen LogP contribution in [0.1, 0.15) is 50.2 Å². The second kappa shape index (κ2) is 5.68. The summed E-state index contributed by atoms with van der Waals surface area (Å²) in [5.41, 5.74) is -1.02. The summed E-state index contributed by atoms with van der Waals surface area (Å²) in [5.74, 6) is -0.484. The van der Waals surface area contributed by atoms with Gasteiger partial charge < -0.3 is 10.2 Å². The maximum atomic E-state index is 14.0. The van der Waals surface area contributed by atoms with E-state index in [1.165, 1.54) is 6.07 Å². The van der Waals surface area contributed by atoms with Gasteiger partial charge >= 0.3 is 0 Å². The molecule has 0 saturated heterocycles. The molecular weight excluding hydrogens is 299 g/mol. The predicted molar refractivity (Wildman–Crippen MR) is 71.7 cm³/mol. The van der Waals surface area contributed by atoms with E-state index in [9.17, 15) is 14.6 Å². The number of halogens is 2. The molecule has 1 aliphatic rings. The van der Waals surface area contributed by atoms with Crippen LogP contribution in [-0.2, 0) is 0 Å². The molecule has 18 heavy (non-hydrogen) atoms. The van der Waals surface area contributed by atoms with Crippen LogP contribution < -0.4 is 0 Å². The van der Waals surface area contributed by atoms with Crippen molar-refractivity contribution in [1.29, 1.82) is 0 Å². The van der Waals surface area contributed by atoms with Crippen molar-refractivity contribution in [3.05, 3.63) is 34.1 Å². The van der Waals surface area contributed by atoms with Crippen molar-refractivity contribution in [3.63, 3.8) is 0 Å². The average Bonchev–Trinajstić information content (AvgIpc) is 2.58. The second-order valence-electron chi connectivity index (χ2n) is 5.06. The summed E-state index contributed by atoms with van der Waals surface area (Å²) in [6, 6.07) is 4.79. The minimum atomic E-state index is -1.20. The molecule has 0 radical (unpaired) electrons. The van der Waals surface area contributed by atoms with E-state index in [1.54, 1.807) is 12.1 Å². The first-order valence-electron chi connectivity index (χ1n) is 6.39. The quantitative estimate of drug-likeness (QED) is 0.817. The Hall–Kier alpha value is -0.450. The van der Waals surface area contributed by atoms with E-state index >= 15 is 0 Å². The first-order chi connectivity index (χ1) is 8.54. The van der Waals surface area contributed by atoms with E-state index in [4.69, 9.17) is 0 Å². The maximum Gasteiger partial charge on any atom is 0.143 e. The van der Waals surface area contributed by atoms with Crippen LogP contribution in [0.15, 0.2) is 22.7 Å². The predicted octanol–water partition coefficient (Wildman–Crippen LogP) is 3.71. The Morgan fingerprint density at radius 3 is 2.39 bits per heavy atom. The molecule has 1 aliphatic carbocycles. The number of rotatable bonds is 2. The fourth-order valence-corrected chi connectivity index (χ4v) is 3.02. The highest BCUT2D eigenvalue weighted by molar-refractivity contribution is 9.10. The fraction of sp³-hybridized carbons (Fsp3) is 0.571. The van der Waals surface area contributed by atoms with Crippen LogP contribution in [0.4, 0.5) is 4.39 Å². The van der Waals surface area contributed by atoms with Gasteiger partial charge in [0.2, 0.25) is 0 Å². The zero-order chi connectivity index (χ0) is 13.2. The van der Waals surface area contributed by atoms with Gasteiger partial charge in [-0.25, -0.2) is 4.39 Å². The molecule has 0 amide bonds. The van der Waals surface area contributed by atoms with Gasteiger partial charge in [-0.2, -0.15) is 0 Å². The molecule has 0 aromatic heterocycles. The average molecular weight is 317 g/mol. The van der Waals surface area contributed by atoms with Crippen LogP contribution in [0, 0.1) is 5.82 Å². The lowest BCUT2D eigenvalue weighted by Gasteiger charge is -2.32. The molecule has 2 rings (SSSR count). The van der Waals surface area contributed by atoms with Crippen LogP contribution in [0.5, 0.6) is 0 Å². The SMILES string of the molecule is OC(c1cccc(Br)c1F)C1(O)CCCCCC1. The van der Waals surface area contributed by atoms with Gasteiger partial charge in [-0.15, -0.1) is 0 Å². The van der Waals surface area contributed by atoms with Crippen LogP contribution in [0.25, 0.3) is 0 Å².